The van der Waals surface area contributed by atoms with Gasteiger partial charge in [0.1, 0.15) is 11.4 Å². The number of amides is 1. The zero-order valence-corrected chi connectivity index (χ0v) is 18.1. The molecule has 170 valence electrons. The molecule has 9 heteroatoms. The molecule has 32 heavy (non-hydrogen) atoms. The third-order valence-electron chi connectivity index (χ3n) is 6.38. The molecule has 0 unspecified atom stereocenters. The van der Waals surface area contributed by atoms with E-state index in [4.69, 9.17) is 5.11 Å². The highest BCUT2D eigenvalue weighted by molar-refractivity contribution is 5.93. The maximum absolute atomic E-state index is 15.2. The first kappa shape index (κ1) is 21.9. The molecule has 0 spiro atoms. The van der Waals surface area contributed by atoms with Crippen LogP contribution < -0.4 is 15.6 Å². The summed E-state index contributed by atoms with van der Waals surface area (Å²) in [5.74, 6) is -1.88. The molecule has 1 aromatic heterocycles. The van der Waals surface area contributed by atoms with Gasteiger partial charge < -0.3 is 25.0 Å². The van der Waals surface area contributed by atoms with Crippen LogP contribution in [0.15, 0.2) is 35.3 Å². The Morgan fingerprint density at radius 2 is 1.91 bits per heavy atom. The van der Waals surface area contributed by atoms with Gasteiger partial charge in [-0.25, -0.2) is 14.0 Å². The topological polar surface area (TPSA) is 112 Å². The van der Waals surface area contributed by atoms with Crippen molar-refractivity contribution in [2.75, 3.05) is 18.0 Å². The number of anilines is 1. The van der Waals surface area contributed by atoms with Crippen molar-refractivity contribution >= 4 is 28.7 Å². The SMILES string of the molecule is CC(C)(C)n1cc(C(=O)O)c(=O)c2cc(F)c(N3C[C@@H]4[C@H](C=CC[C@H]4NC(=O)O)C3)cc21. The number of hydrogen-bond donors (Lipinski definition) is 3. The van der Waals surface area contributed by atoms with Crippen molar-refractivity contribution in [2.45, 2.75) is 38.8 Å². The zero-order chi connectivity index (χ0) is 23.4. The third-order valence-corrected chi connectivity index (χ3v) is 6.38. The van der Waals surface area contributed by atoms with Crippen LogP contribution in [0.5, 0.6) is 0 Å². The number of carboxylic acids is 1. The van der Waals surface area contributed by atoms with Crippen LogP contribution in [-0.2, 0) is 5.54 Å². The number of carboxylic acid groups (broad SMARTS) is 2. The highest BCUT2D eigenvalue weighted by Crippen LogP contribution is 2.37. The van der Waals surface area contributed by atoms with E-state index in [-0.39, 0.29) is 23.3 Å². The Morgan fingerprint density at radius 3 is 2.53 bits per heavy atom. The molecular formula is C23H26FN3O5. The Morgan fingerprint density at radius 1 is 1.19 bits per heavy atom. The molecule has 1 amide bonds. The average Bonchev–Trinajstić information content (AvgIpc) is 3.11. The molecule has 2 aromatic rings. The lowest BCUT2D eigenvalue weighted by Crippen LogP contribution is -2.43. The maximum atomic E-state index is 15.2. The number of aromatic nitrogens is 1. The standard InChI is InChI=1S/C23H26FN3O5/c1-23(2,3)27-11-15(21(29)30)20(28)13-7-16(24)19(8-18(13)27)26-9-12-5-4-6-17(14(12)10-26)25-22(31)32/h4-5,7-8,11-12,14,17,25H,6,9-10H2,1-3H3,(H,29,30)(H,31,32)/t12-,14-,17-/m1/s1. The minimum Gasteiger partial charge on any atom is -0.477 e. The monoisotopic (exact) mass is 443 g/mol. The Bertz CT molecular complexity index is 1200. The molecule has 1 aromatic carbocycles. The highest BCUT2D eigenvalue weighted by atomic mass is 19.1. The molecule has 3 N–H and O–H groups in total. The first-order chi connectivity index (χ1) is 15.0. The summed E-state index contributed by atoms with van der Waals surface area (Å²) in [7, 11) is 0. The molecule has 1 aliphatic carbocycles. The van der Waals surface area contributed by atoms with Gasteiger partial charge in [0.05, 0.1) is 11.2 Å². The zero-order valence-electron chi connectivity index (χ0n) is 18.1. The molecule has 8 nitrogen and oxygen atoms in total. The van der Waals surface area contributed by atoms with E-state index >= 15 is 4.39 Å². The number of halogens is 1. The number of nitrogens with one attached hydrogen (secondary N) is 1. The fourth-order valence-corrected chi connectivity index (χ4v) is 4.86. The number of benzene rings is 1. The van der Waals surface area contributed by atoms with Gasteiger partial charge in [0.15, 0.2) is 0 Å². The molecule has 2 aliphatic rings. The van der Waals surface area contributed by atoms with E-state index in [0.717, 1.165) is 6.07 Å². The van der Waals surface area contributed by atoms with Crippen LogP contribution in [0.1, 0.15) is 37.6 Å². The number of rotatable bonds is 3. The fraction of sp³-hybridized carbons (Fsp3) is 0.435. The molecule has 0 saturated carbocycles. The van der Waals surface area contributed by atoms with Crippen molar-refractivity contribution in [1.82, 2.24) is 9.88 Å². The Kier molecular flexibility index (Phi) is 5.22. The average molecular weight is 443 g/mol. The van der Waals surface area contributed by atoms with E-state index in [9.17, 15) is 19.5 Å². The summed E-state index contributed by atoms with van der Waals surface area (Å²) in [5, 5.41) is 21.2. The number of aromatic carboxylic acids is 1. The maximum Gasteiger partial charge on any atom is 0.404 e. The van der Waals surface area contributed by atoms with Gasteiger partial charge in [-0.05, 0) is 39.3 Å². The molecular weight excluding hydrogens is 417 g/mol. The third kappa shape index (κ3) is 3.72. The van der Waals surface area contributed by atoms with Crippen molar-refractivity contribution in [3.63, 3.8) is 0 Å². The highest BCUT2D eigenvalue weighted by Gasteiger charge is 2.39. The number of carbonyl (C=O) groups is 2. The van der Waals surface area contributed by atoms with Gasteiger partial charge in [-0.15, -0.1) is 0 Å². The van der Waals surface area contributed by atoms with Crippen LogP contribution in [0.25, 0.3) is 10.9 Å². The van der Waals surface area contributed by atoms with Crippen molar-refractivity contribution in [3.05, 3.63) is 52.1 Å². The molecule has 3 atom stereocenters. The summed E-state index contributed by atoms with van der Waals surface area (Å²) in [6.07, 6.45) is 4.82. The van der Waals surface area contributed by atoms with E-state index in [0.29, 0.717) is 30.7 Å². The van der Waals surface area contributed by atoms with Crippen LogP contribution in [0, 0.1) is 17.7 Å². The van der Waals surface area contributed by atoms with Crippen LogP contribution in [0.4, 0.5) is 14.9 Å². The van der Waals surface area contributed by atoms with Crippen LogP contribution >= 0.6 is 0 Å². The van der Waals surface area contributed by atoms with Gasteiger partial charge in [-0.2, -0.15) is 0 Å². The molecule has 2 heterocycles. The normalized spacial score (nSPS) is 22.8. The van der Waals surface area contributed by atoms with Crippen LogP contribution in [0.2, 0.25) is 0 Å². The van der Waals surface area contributed by atoms with Gasteiger partial charge in [0.2, 0.25) is 5.43 Å². The van der Waals surface area contributed by atoms with E-state index in [1.165, 1.54) is 6.20 Å². The van der Waals surface area contributed by atoms with Gasteiger partial charge in [0, 0.05) is 48.1 Å². The van der Waals surface area contributed by atoms with E-state index in [1.54, 1.807) is 10.6 Å². The fourth-order valence-electron chi connectivity index (χ4n) is 4.86. The van der Waals surface area contributed by atoms with Gasteiger partial charge in [-0.3, -0.25) is 4.79 Å². The summed E-state index contributed by atoms with van der Waals surface area (Å²) in [4.78, 5) is 37.4. The van der Waals surface area contributed by atoms with Gasteiger partial charge >= 0.3 is 12.1 Å². The number of fused-ring (bicyclic) bond motifs is 2. The smallest absolute Gasteiger partial charge is 0.404 e. The molecule has 0 bridgehead atoms. The Labute approximate surface area is 183 Å². The second-order valence-corrected chi connectivity index (χ2v) is 9.49. The molecule has 4 rings (SSSR count). The number of nitrogens with zero attached hydrogens (tertiary/aromatic N) is 2. The molecule has 1 saturated heterocycles. The van der Waals surface area contributed by atoms with Crippen molar-refractivity contribution in [3.8, 4) is 0 Å². The quantitative estimate of drug-likeness (QED) is 0.628. The predicted octanol–water partition coefficient (Wildman–Crippen LogP) is 3.24. The minimum absolute atomic E-state index is 0.00499. The minimum atomic E-state index is -1.35. The van der Waals surface area contributed by atoms with E-state index in [1.807, 2.05) is 37.8 Å². The number of hydrogen-bond acceptors (Lipinski definition) is 4. The summed E-state index contributed by atoms with van der Waals surface area (Å²) in [6.45, 7) is 6.62. The van der Waals surface area contributed by atoms with Crippen molar-refractivity contribution < 1.29 is 24.2 Å². The van der Waals surface area contributed by atoms with E-state index in [2.05, 4.69) is 5.32 Å². The second kappa shape index (κ2) is 7.65. The molecule has 1 fully saturated rings. The summed E-state index contributed by atoms with van der Waals surface area (Å²) < 4.78 is 16.9. The van der Waals surface area contributed by atoms with Crippen molar-refractivity contribution in [2.24, 2.45) is 11.8 Å². The first-order valence-corrected chi connectivity index (χ1v) is 10.5. The lowest BCUT2D eigenvalue weighted by molar-refractivity contribution is 0.0694. The Hall–Kier alpha value is -3.36. The van der Waals surface area contributed by atoms with E-state index < -0.39 is 34.4 Å². The second-order valence-electron chi connectivity index (χ2n) is 9.49. The summed E-state index contributed by atoms with van der Waals surface area (Å²) in [6, 6.07) is 2.47. The van der Waals surface area contributed by atoms with Gasteiger partial charge in [0.25, 0.3) is 0 Å². The van der Waals surface area contributed by atoms with Gasteiger partial charge in [-0.1, -0.05) is 12.2 Å². The largest absolute Gasteiger partial charge is 0.477 e. The van der Waals surface area contributed by atoms with Crippen LogP contribution in [0.3, 0.4) is 0 Å². The predicted molar refractivity (Wildman–Crippen MR) is 118 cm³/mol. The first-order valence-electron chi connectivity index (χ1n) is 10.5. The Balaban J connectivity index is 1.81. The van der Waals surface area contributed by atoms with Crippen molar-refractivity contribution in [1.29, 1.82) is 0 Å². The lowest BCUT2D eigenvalue weighted by atomic mass is 9.83. The molecule has 1 aliphatic heterocycles. The lowest BCUT2D eigenvalue weighted by Gasteiger charge is -2.29. The number of pyridine rings is 1. The summed E-state index contributed by atoms with van der Waals surface area (Å²) >= 11 is 0. The summed E-state index contributed by atoms with van der Waals surface area (Å²) in [5.41, 5.74) is -0.908. The van der Waals surface area contributed by atoms with Crippen LogP contribution in [-0.4, -0.2) is 46.0 Å². The molecule has 0 radical (unpaired) electrons.